The van der Waals surface area contributed by atoms with Crippen molar-refractivity contribution < 1.29 is 13.2 Å². The number of hydrogen-bond acceptors (Lipinski definition) is 2. The van der Waals surface area contributed by atoms with Crippen LogP contribution < -0.4 is 5.73 Å². The van der Waals surface area contributed by atoms with E-state index in [-0.39, 0.29) is 11.6 Å². The van der Waals surface area contributed by atoms with Crippen LogP contribution in [0.5, 0.6) is 0 Å². The van der Waals surface area contributed by atoms with Crippen LogP contribution in [0, 0.1) is 0 Å². The third-order valence-corrected chi connectivity index (χ3v) is 2.81. The number of aromatic nitrogens is 2. The van der Waals surface area contributed by atoms with Crippen LogP contribution >= 0.6 is 0 Å². The van der Waals surface area contributed by atoms with E-state index in [9.17, 15) is 13.2 Å². The van der Waals surface area contributed by atoms with E-state index in [0.29, 0.717) is 5.69 Å². The first-order valence-corrected chi connectivity index (χ1v) is 5.81. The number of hydrogen-bond donors (Lipinski definition) is 1. The zero-order valence-electron chi connectivity index (χ0n) is 10.6. The molecule has 0 bridgehead atoms. The van der Waals surface area contributed by atoms with E-state index in [1.807, 2.05) is 13.8 Å². The molecular formula is C13H14F3N3. The summed E-state index contributed by atoms with van der Waals surface area (Å²) in [4.78, 5) is 0. The maximum atomic E-state index is 12.8. The van der Waals surface area contributed by atoms with E-state index in [2.05, 4.69) is 5.10 Å². The molecule has 0 fully saturated rings. The third-order valence-electron chi connectivity index (χ3n) is 2.81. The fourth-order valence-electron chi connectivity index (χ4n) is 1.72. The van der Waals surface area contributed by atoms with Crippen molar-refractivity contribution in [3.05, 3.63) is 41.7 Å². The first-order chi connectivity index (χ1) is 8.79. The minimum atomic E-state index is -4.46. The molecule has 0 unspecified atom stereocenters. The van der Waals surface area contributed by atoms with Crippen LogP contribution in [0.3, 0.4) is 0 Å². The van der Waals surface area contributed by atoms with E-state index in [0.717, 1.165) is 11.8 Å². The van der Waals surface area contributed by atoms with Crippen molar-refractivity contribution in [1.82, 2.24) is 9.78 Å². The Morgan fingerprint density at radius 2 is 1.89 bits per heavy atom. The normalized spacial score (nSPS) is 12.1. The highest BCUT2D eigenvalue weighted by atomic mass is 19.4. The molecule has 3 nitrogen and oxygen atoms in total. The predicted octanol–water partition coefficient (Wildman–Crippen LogP) is 3.60. The summed E-state index contributed by atoms with van der Waals surface area (Å²) in [6, 6.07) is 5.55. The molecule has 0 saturated heterocycles. The molecule has 2 rings (SSSR count). The summed E-state index contributed by atoms with van der Waals surface area (Å²) in [5.41, 5.74) is 5.40. The molecule has 2 aromatic rings. The van der Waals surface area contributed by atoms with Gasteiger partial charge in [0.05, 0.1) is 16.9 Å². The van der Waals surface area contributed by atoms with Crippen LogP contribution in [0.4, 0.5) is 18.9 Å². The van der Waals surface area contributed by atoms with Gasteiger partial charge in [0.15, 0.2) is 0 Å². The average molecular weight is 269 g/mol. The first kappa shape index (κ1) is 13.5. The lowest BCUT2D eigenvalue weighted by Crippen LogP contribution is -2.10. The highest BCUT2D eigenvalue weighted by molar-refractivity contribution is 5.54. The number of anilines is 1. The summed E-state index contributed by atoms with van der Waals surface area (Å²) in [6.07, 6.45) is -2.82. The molecule has 1 heterocycles. The Kier molecular flexibility index (Phi) is 3.26. The lowest BCUT2D eigenvalue weighted by molar-refractivity contribution is -0.136. The van der Waals surface area contributed by atoms with Gasteiger partial charge in [-0.05, 0) is 30.2 Å². The van der Waals surface area contributed by atoms with Gasteiger partial charge in [-0.15, -0.1) is 0 Å². The Hall–Kier alpha value is -1.98. The second kappa shape index (κ2) is 4.60. The summed E-state index contributed by atoms with van der Waals surface area (Å²) in [6.45, 7) is 3.94. The number of nitrogens with zero attached hydrogens (tertiary/aromatic N) is 2. The van der Waals surface area contributed by atoms with E-state index in [1.165, 1.54) is 16.8 Å². The summed E-state index contributed by atoms with van der Waals surface area (Å²) >= 11 is 0. The van der Waals surface area contributed by atoms with Gasteiger partial charge in [-0.3, -0.25) is 0 Å². The van der Waals surface area contributed by atoms with Crippen molar-refractivity contribution in [1.29, 1.82) is 0 Å². The van der Waals surface area contributed by atoms with Gasteiger partial charge in [0.2, 0.25) is 0 Å². The fourth-order valence-corrected chi connectivity index (χ4v) is 1.72. The van der Waals surface area contributed by atoms with Gasteiger partial charge in [-0.1, -0.05) is 13.8 Å². The molecule has 6 heteroatoms. The molecule has 1 aromatic carbocycles. The second-order valence-corrected chi connectivity index (χ2v) is 4.61. The van der Waals surface area contributed by atoms with Gasteiger partial charge < -0.3 is 5.73 Å². The maximum Gasteiger partial charge on any atom is 0.418 e. The van der Waals surface area contributed by atoms with E-state index < -0.39 is 11.7 Å². The van der Waals surface area contributed by atoms with Gasteiger partial charge in [-0.2, -0.15) is 18.3 Å². The Bertz CT molecular complexity index is 585. The summed E-state index contributed by atoms with van der Waals surface area (Å²) in [5.74, 6) is 0.220. The Morgan fingerprint density at radius 1 is 1.21 bits per heavy atom. The number of nitrogen functional groups attached to an aromatic ring is 1. The molecule has 0 aliphatic carbocycles. The van der Waals surface area contributed by atoms with E-state index in [4.69, 9.17) is 5.73 Å². The highest BCUT2D eigenvalue weighted by Gasteiger charge is 2.33. The number of halogens is 3. The van der Waals surface area contributed by atoms with E-state index >= 15 is 0 Å². The zero-order chi connectivity index (χ0) is 14.2. The minimum Gasteiger partial charge on any atom is -0.398 e. The van der Waals surface area contributed by atoms with Crippen LogP contribution in [-0.4, -0.2) is 9.78 Å². The Labute approximate surface area is 108 Å². The minimum absolute atomic E-state index is 0.220. The molecular weight excluding hydrogens is 255 g/mol. The first-order valence-electron chi connectivity index (χ1n) is 5.81. The molecule has 0 aliphatic heterocycles. The molecule has 1 aromatic heterocycles. The van der Waals surface area contributed by atoms with Crippen LogP contribution in [0.2, 0.25) is 0 Å². The SMILES string of the molecule is CC(C)c1ccn(-c2ccc(N)c(C(F)(F)F)c2)n1. The van der Waals surface area contributed by atoms with Crippen LogP contribution in [0.25, 0.3) is 5.69 Å². The molecule has 0 radical (unpaired) electrons. The van der Waals surface area contributed by atoms with Gasteiger partial charge in [0, 0.05) is 11.9 Å². The summed E-state index contributed by atoms with van der Waals surface area (Å²) < 4.78 is 39.7. The number of nitrogens with two attached hydrogens (primary N) is 1. The number of benzene rings is 1. The van der Waals surface area contributed by atoms with Gasteiger partial charge >= 0.3 is 6.18 Å². The summed E-state index contributed by atoms with van der Waals surface area (Å²) in [5, 5.41) is 4.24. The largest absolute Gasteiger partial charge is 0.418 e. The molecule has 0 atom stereocenters. The Morgan fingerprint density at radius 3 is 2.42 bits per heavy atom. The van der Waals surface area contributed by atoms with Crippen LogP contribution in [-0.2, 0) is 6.18 Å². The van der Waals surface area contributed by atoms with Gasteiger partial charge in [-0.25, -0.2) is 4.68 Å². The smallest absolute Gasteiger partial charge is 0.398 e. The van der Waals surface area contributed by atoms with Gasteiger partial charge in [0.25, 0.3) is 0 Å². The number of rotatable bonds is 2. The third kappa shape index (κ3) is 2.72. The van der Waals surface area contributed by atoms with Crippen molar-refractivity contribution >= 4 is 5.69 Å². The van der Waals surface area contributed by atoms with Gasteiger partial charge in [0.1, 0.15) is 0 Å². The van der Waals surface area contributed by atoms with Crippen molar-refractivity contribution in [2.24, 2.45) is 0 Å². The standard InChI is InChI=1S/C13H14F3N3/c1-8(2)12-5-6-19(18-12)9-3-4-11(17)10(7-9)13(14,15)16/h3-8H,17H2,1-2H3. The molecule has 19 heavy (non-hydrogen) atoms. The highest BCUT2D eigenvalue weighted by Crippen LogP contribution is 2.34. The summed E-state index contributed by atoms with van der Waals surface area (Å²) in [7, 11) is 0. The molecule has 0 saturated carbocycles. The van der Waals surface area contributed by atoms with Crippen LogP contribution in [0.1, 0.15) is 31.0 Å². The quantitative estimate of drug-likeness (QED) is 0.846. The molecule has 102 valence electrons. The maximum absolute atomic E-state index is 12.8. The van der Waals surface area contributed by atoms with Crippen molar-refractivity contribution in [3.8, 4) is 5.69 Å². The van der Waals surface area contributed by atoms with E-state index in [1.54, 1.807) is 12.3 Å². The van der Waals surface area contributed by atoms with Crippen molar-refractivity contribution in [2.45, 2.75) is 25.9 Å². The topological polar surface area (TPSA) is 43.8 Å². The van der Waals surface area contributed by atoms with Crippen molar-refractivity contribution in [3.63, 3.8) is 0 Å². The molecule has 0 amide bonds. The number of alkyl halides is 3. The Balaban J connectivity index is 2.45. The van der Waals surface area contributed by atoms with Crippen LogP contribution in [0.15, 0.2) is 30.5 Å². The monoisotopic (exact) mass is 269 g/mol. The molecule has 0 aliphatic rings. The molecule has 2 N–H and O–H groups in total. The average Bonchev–Trinajstić information content (AvgIpc) is 2.77. The second-order valence-electron chi connectivity index (χ2n) is 4.61. The van der Waals surface area contributed by atoms with Crippen molar-refractivity contribution in [2.75, 3.05) is 5.73 Å². The lowest BCUT2D eigenvalue weighted by Gasteiger charge is -2.11. The fraction of sp³-hybridized carbons (Fsp3) is 0.308. The lowest BCUT2D eigenvalue weighted by atomic mass is 10.1. The molecule has 0 spiro atoms. The predicted molar refractivity (Wildman–Crippen MR) is 67.1 cm³/mol. The zero-order valence-corrected chi connectivity index (χ0v) is 10.6.